The molecule has 0 saturated heterocycles. The highest BCUT2D eigenvalue weighted by atomic mass is 16.3. The lowest BCUT2D eigenvalue weighted by Crippen LogP contribution is -2.09. The van der Waals surface area contributed by atoms with Gasteiger partial charge in [-0.15, -0.1) is 0 Å². The number of oxazole rings is 1. The molecule has 312 valence electrons. The van der Waals surface area contributed by atoms with Crippen LogP contribution in [0.3, 0.4) is 0 Å². The van der Waals surface area contributed by atoms with Gasteiger partial charge in [-0.25, -0.2) is 9.97 Å². The minimum absolute atomic E-state index is 0.373. The van der Waals surface area contributed by atoms with Crippen molar-refractivity contribution in [1.82, 2.24) is 29.1 Å². The van der Waals surface area contributed by atoms with Crippen LogP contribution in [0.1, 0.15) is 19.2 Å². The monoisotopic (exact) mass is 848 g/mol. The lowest BCUT2D eigenvalue weighted by atomic mass is 9.96. The molecule has 4 heterocycles. The van der Waals surface area contributed by atoms with Crippen LogP contribution in [0.4, 0.5) is 0 Å². The molecule has 1 aliphatic carbocycles. The zero-order valence-electron chi connectivity index (χ0n) is 36.0. The van der Waals surface area contributed by atoms with Gasteiger partial charge in [0.25, 0.3) is 0 Å². The van der Waals surface area contributed by atoms with Crippen LogP contribution >= 0.6 is 0 Å². The molecule has 4 aromatic heterocycles. The van der Waals surface area contributed by atoms with E-state index in [0.29, 0.717) is 35.0 Å². The average molecular weight is 849 g/mol. The molecule has 66 heavy (non-hydrogen) atoms. The molecule has 12 aromatic rings. The first-order valence-electron chi connectivity index (χ1n) is 22.4. The van der Waals surface area contributed by atoms with E-state index in [1.54, 1.807) is 0 Å². The molecule has 0 saturated carbocycles. The van der Waals surface area contributed by atoms with Gasteiger partial charge in [-0.1, -0.05) is 165 Å². The fraction of sp³-hybridized carbons (Fsp3) is 0.0508. The summed E-state index contributed by atoms with van der Waals surface area (Å²) in [6, 6.07) is 65.8. The normalized spacial score (nSPS) is 14.0. The number of benzene rings is 8. The molecule has 0 aliphatic heterocycles. The molecule has 0 spiro atoms. The van der Waals surface area contributed by atoms with Crippen LogP contribution in [0.2, 0.25) is 0 Å². The van der Waals surface area contributed by atoms with Gasteiger partial charge in [-0.2, -0.15) is 9.97 Å². The standard InChI is InChI=1S/C59H40N6O/c1-37-16-15-23-41(32-37)57-61-56(40-21-9-4-10-22-40)62-59(63-57)65-52-27-14-12-25-47(52)49-30-29-48-46-24-11-13-26-51(46)64(54(48)55(49)65)45-28-31-53-50(36-45)60-58(66-53)44-34-42(38-17-5-2-6-18-38)33-43(35-44)39-19-7-3-8-20-39/h2-15,17-37H,16H2,1H3. The van der Waals surface area contributed by atoms with Gasteiger partial charge in [0.05, 0.1) is 22.1 Å². The molecule has 0 radical (unpaired) electrons. The van der Waals surface area contributed by atoms with Gasteiger partial charge in [0, 0.05) is 43.9 Å². The highest BCUT2D eigenvalue weighted by Crippen LogP contribution is 2.42. The molecule has 0 N–H and O–H groups in total. The van der Waals surface area contributed by atoms with E-state index in [-0.39, 0.29) is 0 Å². The van der Waals surface area contributed by atoms with Crippen molar-refractivity contribution in [2.75, 3.05) is 0 Å². The number of hydrogen-bond acceptors (Lipinski definition) is 5. The first-order valence-corrected chi connectivity index (χ1v) is 22.4. The van der Waals surface area contributed by atoms with E-state index >= 15 is 0 Å². The van der Waals surface area contributed by atoms with Crippen LogP contribution in [0.15, 0.2) is 211 Å². The molecule has 7 nitrogen and oxygen atoms in total. The summed E-state index contributed by atoms with van der Waals surface area (Å²) in [7, 11) is 0. The van der Waals surface area contributed by atoms with E-state index in [2.05, 4.69) is 186 Å². The molecule has 7 heteroatoms. The Hall–Kier alpha value is -8.68. The summed E-state index contributed by atoms with van der Waals surface area (Å²) >= 11 is 0. The second-order valence-electron chi connectivity index (χ2n) is 17.2. The summed E-state index contributed by atoms with van der Waals surface area (Å²) in [6.45, 7) is 2.23. The second kappa shape index (κ2) is 15.2. The molecular weight excluding hydrogens is 809 g/mol. The van der Waals surface area contributed by atoms with Crippen LogP contribution < -0.4 is 0 Å². The van der Waals surface area contributed by atoms with Crippen LogP contribution in [0.5, 0.6) is 0 Å². The zero-order valence-corrected chi connectivity index (χ0v) is 36.0. The van der Waals surface area contributed by atoms with Crippen LogP contribution in [-0.2, 0) is 0 Å². The van der Waals surface area contributed by atoms with E-state index < -0.39 is 0 Å². The van der Waals surface area contributed by atoms with Crippen molar-refractivity contribution in [2.45, 2.75) is 13.3 Å². The maximum Gasteiger partial charge on any atom is 0.238 e. The largest absolute Gasteiger partial charge is 0.436 e. The predicted molar refractivity (Wildman–Crippen MR) is 269 cm³/mol. The number of aromatic nitrogens is 6. The number of rotatable bonds is 7. The maximum atomic E-state index is 6.63. The lowest BCUT2D eigenvalue weighted by molar-refractivity contribution is 0.620. The van der Waals surface area contributed by atoms with Crippen molar-refractivity contribution in [3.05, 3.63) is 212 Å². The van der Waals surface area contributed by atoms with Gasteiger partial charge < -0.3 is 8.98 Å². The van der Waals surface area contributed by atoms with Gasteiger partial charge >= 0.3 is 0 Å². The summed E-state index contributed by atoms with van der Waals surface area (Å²) in [5, 5.41) is 4.49. The van der Waals surface area contributed by atoms with E-state index in [1.807, 2.05) is 36.4 Å². The van der Waals surface area contributed by atoms with Gasteiger partial charge in [0.2, 0.25) is 11.8 Å². The minimum Gasteiger partial charge on any atom is -0.436 e. The molecular formula is C59H40N6O. The first kappa shape index (κ1) is 37.8. The highest BCUT2D eigenvalue weighted by Gasteiger charge is 2.24. The molecule has 0 fully saturated rings. The summed E-state index contributed by atoms with van der Waals surface area (Å²) in [5.74, 6) is 2.78. The summed E-state index contributed by atoms with van der Waals surface area (Å²) in [5.41, 5.74) is 13.9. The molecule has 13 rings (SSSR count). The van der Waals surface area contributed by atoms with Crippen molar-refractivity contribution in [3.63, 3.8) is 0 Å². The van der Waals surface area contributed by atoms with Crippen molar-refractivity contribution in [1.29, 1.82) is 0 Å². The zero-order chi connectivity index (χ0) is 43.7. The number of para-hydroxylation sites is 2. The van der Waals surface area contributed by atoms with E-state index in [4.69, 9.17) is 24.4 Å². The van der Waals surface area contributed by atoms with Gasteiger partial charge in [-0.3, -0.25) is 4.57 Å². The Balaban J connectivity index is 1.05. The smallest absolute Gasteiger partial charge is 0.238 e. The number of allylic oxidation sites excluding steroid dienone is 4. The minimum atomic E-state index is 0.373. The third-order valence-electron chi connectivity index (χ3n) is 12.9. The fourth-order valence-electron chi connectivity index (χ4n) is 9.80. The Labute approximate surface area is 380 Å². The van der Waals surface area contributed by atoms with Gasteiger partial charge in [0.1, 0.15) is 5.52 Å². The fourth-order valence-corrected chi connectivity index (χ4v) is 9.80. The highest BCUT2D eigenvalue weighted by molar-refractivity contribution is 6.23. The molecule has 1 aliphatic rings. The Morgan fingerprint density at radius 1 is 0.470 bits per heavy atom. The van der Waals surface area contributed by atoms with E-state index in [0.717, 1.165) is 100 Å². The van der Waals surface area contributed by atoms with Crippen molar-refractivity contribution in [3.8, 4) is 56.7 Å². The topological polar surface area (TPSA) is 74.6 Å². The first-order chi connectivity index (χ1) is 32.6. The molecule has 1 atom stereocenters. The van der Waals surface area contributed by atoms with E-state index in [1.165, 1.54) is 0 Å². The number of nitrogens with zero attached hydrogens (tertiary/aromatic N) is 6. The lowest BCUT2D eigenvalue weighted by Gasteiger charge is -2.15. The molecule has 0 bridgehead atoms. The quantitative estimate of drug-likeness (QED) is 0.160. The SMILES string of the molecule is CC1C=C(c2nc(-c3ccccc3)nc(-n3c4ccccc4c4ccc5c6ccccc6n(-c6ccc7oc(-c8cc(-c9ccccc9)cc(-c9ccccc9)c8)nc7c6)c5c43)n2)C=CC1. The Morgan fingerprint density at radius 2 is 1.03 bits per heavy atom. The van der Waals surface area contributed by atoms with E-state index in [9.17, 15) is 0 Å². The predicted octanol–water partition coefficient (Wildman–Crippen LogP) is 14.9. The maximum absolute atomic E-state index is 6.63. The van der Waals surface area contributed by atoms with Gasteiger partial charge in [0.15, 0.2) is 17.2 Å². The van der Waals surface area contributed by atoms with Crippen molar-refractivity contribution >= 4 is 60.3 Å². The summed E-state index contributed by atoms with van der Waals surface area (Å²) in [6.07, 6.45) is 7.61. The third kappa shape index (κ3) is 6.27. The van der Waals surface area contributed by atoms with Crippen LogP contribution in [-0.4, -0.2) is 29.1 Å². The average Bonchev–Trinajstić information content (AvgIpc) is 4.07. The Bertz CT molecular complexity index is 3860. The molecule has 1 unspecified atom stereocenters. The summed E-state index contributed by atoms with van der Waals surface area (Å²) in [4.78, 5) is 21.0. The third-order valence-corrected chi connectivity index (χ3v) is 12.9. The Kier molecular flexibility index (Phi) is 8.74. The van der Waals surface area contributed by atoms with Crippen molar-refractivity contribution in [2.24, 2.45) is 5.92 Å². The van der Waals surface area contributed by atoms with Crippen molar-refractivity contribution < 1.29 is 4.42 Å². The van der Waals surface area contributed by atoms with Gasteiger partial charge in [-0.05, 0) is 83.1 Å². The summed E-state index contributed by atoms with van der Waals surface area (Å²) < 4.78 is 11.2. The molecule has 8 aromatic carbocycles. The number of hydrogen-bond donors (Lipinski definition) is 0. The second-order valence-corrected chi connectivity index (χ2v) is 17.2. The Morgan fingerprint density at radius 3 is 1.68 bits per heavy atom. The van der Waals surface area contributed by atoms with Crippen LogP contribution in [0.25, 0.3) is 117 Å². The molecule has 0 amide bonds. The van der Waals surface area contributed by atoms with Crippen LogP contribution in [0, 0.1) is 5.92 Å². The number of fused-ring (bicyclic) bond motifs is 8.